The molecular weight excluding hydrogens is 240 g/mol. The van der Waals surface area contributed by atoms with Crippen molar-refractivity contribution in [2.45, 2.75) is 0 Å². The first-order valence-electron chi connectivity index (χ1n) is 4.83. The first kappa shape index (κ1) is 9.98. The van der Waals surface area contributed by atoms with E-state index in [0.29, 0.717) is 16.5 Å². The number of anilines is 1. The molecule has 0 aromatic carbocycles. The minimum atomic E-state index is 0.271. The number of fused-ring (bicyclic) bond motifs is 1. The molecule has 6 nitrogen and oxygen atoms in total. The Bertz CT molecular complexity index is 673. The first-order chi connectivity index (χ1) is 8.24. The molecule has 0 saturated heterocycles. The molecule has 7 heteroatoms. The second-order valence-corrected chi connectivity index (χ2v) is 3.78. The Labute approximate surface area is 101 Å². The van der Waals surface area contributed by atoms with Gasteiger partial charge in [-0.25, -0.2) is 14.6 Å². The zero-order chi connectivity index (χ0) is 11.8. The van der Waals surface area contributed by atoms with Crippen molar-refractivity contribution in [3.63, 3.8) is 0 Å². The number of hydrogen-bond donors (Lipinski definition) is 1. The molecule has 2 N–H and O–H groups in total. The van der Waals surface area contributed by atoms with Crippen LogP contribution in [0.2, 0.25) is 5.02 Å². The van der Waals surface area contributed by atoms with E-state index >= 15 is 0 Å². The summed E-state index contributed by atoms with van der Waals surface area (Å²) in [6, 6.07) is 3.59. The van der Waals surface area contributed by atoms with Crippen molar-refractivity contribution in [1.29, 1.82) is 0 Å². The van der Waals surface area contributed by atoms with E-state index in [1.54, 1.807) is 24.7 Å². The van der Waals surface area contributed by atoms with Gasteiger partial charge < -0.3 is 5.73 Å². The van der Waals surface area contributed by atoms with Crippen LogP contribution in [0.3, 0.4) is 0 Å². The molecule has 0 radical (unpaired) electrons. The molecule has 0 fully saturated rings. The van der Waals surface area contributed by atoms with Crippen molar-refractivity contribution in [3.8, 4) is 5.82 Å². The number of aromatic nitrogens is 5. The number of nitrogens with two attached hydrogens (primary N) is 1. The molecule has 3 aromatic heterocycles. The summed E-state index contributed by atoms with van der Waals surface area (Å²) in [6.07, 6.45) is 4.80. The molecule has 0 atom stereocenters. The van der Waals surface area contributed by atoms with Crippen molar-refractivity contribution < 1.29 is 0 Å². The van der Waals surface area contributed by atoms with Crippen molar-refractivity contribution in [2.75, 3.05) is 5.73 Å². The Kier molecular flexibility index (Phi) is 2.15. The summed E-state index contributed by atoms with van der Waals surface area (Å²) in [4.78, 5) is 12.6. The number of hydrogen-bond acceptors (Lipinski definition) is 5. The van der Waals surface area contributed by atoms with Gasteiger partial charge in [-0.3, -0.25) is 4.98 Å². The van der Waals surface area contributed by atoms with Gasteiger partial charge >= 0.3 is 0 Å². The number of nitrogens with zero attached hydrogens (tertiary/aromatic N) is 5. The molecule has 0 amide bonds. The van der Waals surface area contributed by atoms with E-state index in [0.717, 1.165) is 5.52 Å². The highest BCUT2D eigenvalue weighted by Gasteiger charge is 2.06. The van der Waals surface area contributed by atoms with Gasteiger partial charge in [-0.1, -0.05) is 11.6 Å². The molecule has 3 aromatic rings. The van der Waals surface area contributed by atoms with Gasteiger partial charge in [0.05, 0.1) is 6.20 Å². The lowest BCUT2D eigenvalue weighted by Gasteiger charge is -2.00. The Morgan fingerprint density at radius 1 is 1.18 bits per heavy atom. The highest BCUT2D eigenvalue weighted by atomic mass is 35.5. The number of halogens is 1. The summed E-state index contributed by atoms with van der Waals surface area (Å²) in [5.74, 6) is 0.865. The van der Waals surface area contributed by atoms with Crippen LogP contribution >= 0.6 is 11.6 Å². The van der Waals surface area contributed by atoms with Crippen LogP contribution in [0.25, 0.3) is 17.0 Å². The molecule has 3 heterocycles. The second-order valence-electron chi connectivity index (χ2n) is 3.38. The fraction of sp³-hybridized carbons (Fsp3) is 0. The zero-order valence-corrected chi connectivity index (χ0v) is 9.33. The molecule has 0 spiro atoms. The Morgan fingerprint density at radius 3 is 2.76 bits per heavy atom. The van der Waals surface area contributed by atoms with E-state index in [-0.39, 0.29) is 5.82 Å². The maximum atomic E-state index is 5.83. The van der Waals surface area contributed by atoms with Gasteiger partial charge in [0.15, 0.2) is 17.3 Å². The first-order valence-corrected chi connectivity index (χ1v) is 5.20. The predicted octanol–water partition coefficient (Wildman–Crippen LogP) is 1.45. The third kappa shape index (κ3) is 1.68. The van der Waals surface area contributed by atoms with Gasteiger partial charge in [-0.15, -0.1) is 5.10 Å². The number of pyridine rings is 1. The summed E-state index contributed by atoms with van der Waals surface area (Å²) >= 11 is 5.83. The Morgan fingerprint density at radius 2 is 2.00 bits per heavy atom. The third-order valence-corrected chi connectivity index (χ3v) is 2.54. The van der Waals surface area contributed by atoms with Gasteiger partial charge in [0.1, 0.15) is 10.5 Å². The Hall–Kier alpha value is -2.21. The standard InChI is InChI=1S/C10H7ClN6/c11-6-5-17(16-9(6)12)8-2-1-7-10(15-8)14-4-3-13-7/h1-5H,(H2,12,16). The van der Waals surface area contributed by atoms with Crippen LogP contribution in [0.15, 0.2) is 30.7 Å². The van der Waals surface area contributed by atoms with Gasteiger partial charge in [0, 0.05) is 12.4 Å². The van der Waals surface area contributed by atoms with E-state index in [1.807, 2.05) is 6.07 Å². The number of nitrogen functional groups attached to an aromatic ring is 1. The van der Waals surface area contributed by atoms with Crippen molar-refractivity contribution in [1.82, 2.24) is 24.7 Å². The van der Waals surface area contributed by atoms with Crippen LogP contribution in [0, 0.1) is 0 Å². The molecule has 3 rings (SSSR count). The molecule has 0 aliphatic heterocycles. The monoisotopic (exact) mass is 246 g/mol. The summed E-state index contributed by atoms with van der Waals surface area (Å²) in [5.41, 5.74) is 6.85. The van der Waals surface area contributed by atoms with Crippen LogP contribution in [-0.2, 0) is 0 Å². The fourth-order valence-electron chi connectivity index (χ4n) is 1.46. The molecule has 84 valence electrons. The predicted molar refractivity (Wildman–Crippen MR) is 63.9 cm³/mol. The van der Waals surface area contributed by atoms with Crippen LogP contribution in [0.1, 0.15) is 0 Å². The summed E-state index contributed by atoms with van der Waals surface area (Å²) in [5, 5.41) is 4.43. The van der Waals surface area contributed by atoms with Crippen LogP contribution < -0.4 is 5.73 Å². The highest BCUT2D eigenvalue weighted by Crippen LogP contribution is 2.18. The minimum Gasteiger partial charge on any atom is -0.381 e. The zero-order valence-electron chi connectivity index (χ0n) is 8.58. The van der Waals surface area contributed by atoms with E-state index < -0.39 is 0 Å². The molecule has 0 saturated carbocycles. The minimum absolute atomic E-state index is 0.271. The largest absolute Gasteiger partial charge is 0.381 e. The SMILES string of the molecule is Nc1nn(-c2ccc3nccnc3n2)cc1Cl. The van der Waals surface area contributed by atoms with Crippen molar-refractivity contribution >= 4 is 28.6 Å². The summed E-state index contributed by atoms with van der Waals surface area (Å²) in [6.45, 7) is 0. The maximum Gasteiger partial charge on any atom is 0.180 e. The molecular formula is C10H7ClN6. The fourth-order valence-corrected chi connectivity index (χ4v) is 1.59. The number of rotatable bonds is 1. The molecule has 0 aliphatic rings. The molecule has 0 unspecified atom stereocenters. The third-order valence-electron chi connectivity index (χ3n) is 2.25. The van der Waals surface area contributed by atoms with Gasteiger partial charge in [0.25, 0.3) is 0 Å². The average molecular weight is 247 g/mol. The smallest absolute Gasteiger partial charge is 0.180 e. The lowest BCUT2D eigenvalue weighted by Crippen LogP contribution is -2.00. The lowest BCUT2D eigenvalue weighted by atomic mass is 10.4. The molecule has 0 bridgehead atoms. The van der Waals surface area contributed by atoms with Crippen LogP contribution in [-0.4, -0.2) is 24.7 Å². The summed E-state index contributed by atoms with van der Waals surface area (Å²) < 4.78 is 1.51. The average Bonchev–Trinajstić information content (AvgIpc) is 2.69. The van der Waals surface area contributed by atoms with Crippen molar-refractivity contribution in [3.05, 3.63) is 35.7 Å². The van der Waals surface area contributed by atoms with Gasteiger partial charge in [-0.2, -0.15) is 0 Å². The topological polar surface area (TPSA) is 82.5 Å². The van der Waals surface area contributed by atoms with Gasteiger partial charge in [-0.05, 0) is 12.1 Å². The van der Waals surface area contributed by atoms with E-state index in [4.69, 9.17) is 17.3 Å². The highest BCUT2D eigenvalue weighted by molar-refractivity contribution is 6.32. The Balaban J connectivity index is 2.17. The van der Waals surface area contributed by atoms with E-state index in [2.05, 4.69) is 20.1 Å². The maximum absolute atomic E-state index is 5.83. The van der Waals surface area contributed by atoms with Crippen molar-refractivity contribution in [2.24, 2.45) is 0 Å². The summed E-state index contributed by atoms with van der Waals surface area (Å²) in [7, 11) is 0. The van der Waals surface area contributed by atoms with E-state index in [9.17, 15) is 0 Å². The van der Waals surface area contributed by atoms with Crippen LogP contribution in [0.4, 0.5) is 5.82 Å². The normalized spacial score (nSPS) is 10.9. The lowest BCUT2D eigenvalue weighted by molar-refractivity contribution is 0.855. The van der Waals surface area contributed by atoms with Crippen LogP contribution in [0.5, 0.6) is 0 Å². The second kappa shape index (κ2) is 3.67. The molecule has 17 heavy (non-hydrogen) atoms. The van der Waals surface area contributed by atoms with E-state index in [1.165, 1.54) is 4.68 Å². The molecule has 0 aliphatic carbocycles. The quantitative estimate of drug-likeness (QED) is 0.703. The van der Waals surface area contributed by atoms with Gasteiger partial charge in [0.2, 0.25) is 0 Å².